The molecular weight excluding hydrogens is 354 g/mol. The SMILES string of the molecule is O=C(CCCc1c[nH]c2ccccc12)NCCc1noc(-c2cccnc2)n1. The topological polar surface area (TPSA) is 96.7 Å². The molecule has 0 aliphatic carbocycles. The number of hydrogen-bond donors (Lipinski definition) is 2. The van der Waals surface area contributed by atoms with E-state index in [-0.39, 0.29) is 5.91 Å². The van der Waals surface area contributed by atoms with Gasteiger partial charge in [0.05, 0.1) is 5.56 Å². The van der Waals surface area contributed by atoms with Gasteiger partial charge in [-0.15, -0.1) is 0 Å². The van der Waals surface area contributed by atoms with Crippen molar-refractivity contribution >= 4 is 16.8 Å². The van der Waals surface area contributed by atoms with Crippen molar-refractivity contribution in [2.75, 3.05) is 6.54 Å². The van der Waals surface area contributed by atoms with Gasteiger partial charge in [-0.3, -0.25) is 9.78 Å². The molecule has 4 aromatic rings. The van der Waals surface area contributed by atoms with E-state index < -0.39 is 0 Å². The van der Waals surface area contributed by atoms with Gasteiger partial charge in [-0.2, -0.15) is 4.98 Å². The number of nitrogens with one attached hydrogen (secondary N) is 2. The summed E-state index contributed by atoms with van der Waals surface area (Å²) >= 11 is 0. The summed E-state index contributed by atoms with van der Waals surface area (Å²) in [7, 11) is 0. The van der Waals surface area contributed by atoms with Crippen LogP contribution in [0.15, 0.2) is 59.5 Å². The number of amides is 1. The molecule has 7 nitrogen and oxygen atoms in total. The first-order valence-electron chi connectivity index (χ1n) is 9.34. The van der Waals surface area contributed by atoms with Crippen LogP contribution in [0.25, 0.3) is 22.4 Å². The van der Waals surface area contributed by atoms with E-state index in [4.69, 9.17) is 4.52 Å². The third-order valence-corrected chi connectivity index (χ3v) is 4.57. The van der Waals surface area contributed by atoms with Crippen molar-refractivity contribution in [3.63, 3.8) is 0 Å². The van der Waals surface area contributed by atoms with Crippen LogP contribution in [0.2, 0.25) is 0 Å². The molecule has 0 unspecified atom stereocenters. The quantitative estimate of drug-likeness (QED) is 0.492. The summed E-state index contributed by atoms with van der Waals surface area (Å²) in [6.45, 7) is 0.484. The highest BCUT2D eigenvalue weighted by Crippen LogP contribution is 2.19. The lowest BCUT2D eigenvalue weighted by molar-refractivity contribution is -0.121. The Labute approximate surface area is 162 Å². The molecule has 0 atom stereocenters. The van der Waals surface area contributed by atoms with Crippen LogP contribution in [-0.2, 0) is 17.6 Å². The van der Waals surface area contributed by atoms with Crippen molar-refractivity contribution in [3.8, 4) is 11.5 Å². The number of H-pyrrole nitrogens is 1. The van der Waals surface area contributed by atoms with Gasteiger partial charge in [0.1, 0.15) is 0 Å². The summed E-state index contributed by atoms with van der Waals surface area (Å²) in [6, 6.07) is 11.9. The predicted octanol–water partition coefficient (Wildman–Crippen LogP) is 3.29. The molecule has 0 aliphatic heterocycles. The first-order valence-corrected chi connectivity index (χ1v) is 9.34. The standard InChI is InChI=1S/C21H21N5O2/c27-20(9-3-5-15-14-24-18-8-2-1-7-17(15)18)23-12-10-19-25-21(28-26-19)16-6-4-11-22-13-16/h1-2,4,6-8,11,13-14,24H,3,5,9-10,12H2,(H,23,27). The van der Waals surface area contributed by atoms with Gasteiger partial charge in [0.25, 0.3) is 5.89 Å². The number of aromatic nitrogens is 4. The zero-order valence-corrected chi connectivity index (χ0v) is 15.4. The zero-order valence-electron chi connectivity index (χ0n) is 15.4. The van der Waals surface area contributed by atoms with Crippen molar-refractivity contribution in [3.05, 3.63) is 66.4 Å². The minimum absolute atomic E-state index is 0.0378. The first-order chi connectivity index (χ1) is 13.8. The van der Waals surface area contributed by atoms with E-state index in [1.807, 2.05) is 30.5 Å². The van der Waals surface area contributed by atoms with Crippen LogP contribution >= 0.6 is 0 Å². The van der Waals surface area contributed by atoms with E-state index >= 15 is 0 Å². The molecule has 4 rings (SSSR count). The van der Waals surface area contributed by atoms with Crippen molar-refractivity contribution in [2.45, 2.75) is 25.7 Å². The Morgan fingerprint density at radius 2 is 2.07 bits per heavy atom. The number of carbonyl (C=O) groups excluding carboxylic acids is 1. The predicted molar refractivity (Wildman–Crippen MR) is 105 cm³/mol. The summed E-state index contributed by atoms with van der Waals surface area (Å²) < 4.78 is 5.23. The molecule has 3 heterocycles. The summed E-state index contributed by atoms with van der Waals surface area (Å²) in [6.07, 6.45) is 8.09. The molecule has 0 saturated heterocycles. The number of pyridine rings is 1. The highest BCUT2D eigenvalue weighted by Gasteiger charge is 2.09. The highest BCUT2D eigenvalue weighted by atomic mass is 16.5. The maximum Gasteiger partial charge on any atom is 0.259 e. The van der Waals surface area contributed by atoms with E-state index in [1.165, 1.54) is 10.9 Å². The van der Waals surface area contributed by atoms with Gasteiger partial charge in [0.2, 0.25) is 5.91 Å². The molecule has 7 heteroatoms. The van der Waals surface area contributed by atoms with Crippen LogP contribution in [0.5, 0.6) is 0 Å². The summed E-state index contributed by atoms with van der Waals surface area (Å²) in [5, 5.41) is 8.09. The van der Waals surface area contributed by atoms with E-state index in [9.17, 15) is 4.79 Å². The van der Waals surface area contributed by atoms with Crippen molar-refractivity contribution in [2.24, 2.45) is 0 Å². The van der Waals surface area contributed by atoms with Crippen molar-refractivity contribution < 1.29 is 9.32 Å². The van der Waals surface area contributed by atoms with Gasteiger partial charge in [-0.1, -0.05) is 23.4 Å². The van der Waals surface area contributed by atoms with Crippen LogP contribution in [0.3, 0.4) is 0 Å². The van der Waals surface area contributed by atoms with Gasteiger partial charge < -0.3 is 14.8 Å². The lowest BCUT2D eigenvalue weighted by Gasteiger charge is -2.03. The normalized spacial score (nSPS) is 11.0. The molecule has 0 bridgehead atoms. The van der Waals surface area contributed by atoms with E-state index in [1.54, 1.807) is 12.4 Å². The Hall–Kier alpha value is -3.48. The number of para-hydroxylation sites is 1. The molecule has 28 heavy (non-hydrogen) atoms. The molecule has 0 spiro atoms. The molecule has 0 aliphatic rings. The van der Waals surface area contributed by atoms with Crippen molar-refractivity contribution in [1.82, 2.24) is 25.4 Å². The Morgan fingerprint density at radius 1 is 1.14 bits per heavy atom. The van der Waals surface area contributed by atoms with Crippen LogP contribution in [0.4, 0.5) is 0 Å². The largest absolute Gasteiger partial charge is 0.361 e. The maximum absolute atomic E-state index is 12.1. The molecule has 3 aromatic heterocycles. The number of fused-ring (bicyclic) bond motifs is 1. The summed E-state index contributed by atoms with van der Waals surface area (Å²) in [5.74, 6) is 1.04. The fraction of sp³-hybridized carbons (Fsp3) is 0.238. The summed E-state index contributed by atoms with van der Waals surface area (Å²) in [5.41, 5.74) is 3.16. The average Bonchev–Trinajstić information content (AvgIpc) is 3.36. The van der Waals surface area contributed by atoms with Gasteiger partial charge >= 0.3 is 0 Å². The Bertz CT molecular complexity index is 1050. The smallest absolute Gasteiger partial charge is 0.259 e. The van der Waals surface area contributed by atoms with Crippen LogP contribution < -0.4 is 5.32 Å². The minimum atomic E-state index is 0.0378. The Kier molecular flexibility index (Phi) is 5.42. The van der Waals surface area contributed by atoms with E-state index in [2.05, 4.69) is 37.6 Å². The first kappa shape index (κ1) is 17.9. The number of hydrogen-bond acceptors (Lipinski definition) is 5. The lowest BCUT2D eigenvalue weighted by Crippen LogP contribution is -2.25. The average molecular weight is 375 g/mol. The second-order valence-electron chi connectivity index (χ2n) is 6.57. The number of nitrogens with zero attached hydrogens (tertiary/aromatic N) is 3. The van der Waals surface area contributed by atoms with Gasteiger partial charge in [-0.25, -0.2) is 0 Å². The Balaban J connectivity index is 1.19. The van der Waals surface area contributed by atoms with Gasteiger partial charge in [-0.05, 0) is 36.6 Å². The van der Waals surface area contributed by atoms with Crippen LogP contribution in [-0.4, -0.2) is 32.6 Å². The summed E-state index contributed by atoms with van der Waals surface area (Å²) in [4.78, 5) is 23.7. The third-order valence-electron chi connectivity index (χ3n) is 4.57. The number of carbonyl (C=O) groups is 1. The maximum atomic E-state index is 12.1. The monoisotopic (exact) mass is 375 g/mol. The second kappa shape index (κ2) is 8.47. The Morgan fingerprint density at radius 3 is 2.96 bits per heavy atom. The third kappa shape index (κ3) is 4.25. The van der Waals surface area contributed by atoms with Gasteiger partial charge in [0, 0.05) is 48.9 Å². The number of rotatable bonds is 8. The minimum Gasteiger partial charge on any atom is -0.361 e. The van der Waals surface area contributed by atoms with Gasteiger partial charge in [0.15, 0.2) is 5.82 Å². The fourth-order valence-corrected chi connectivity index (χ4v) is 3.14. The van der Waals surface area contributed by atoms with E-state index in [0.29, 0.717) is 31.1 Å². The number of aromatic amines is 1. The number of aryl methyl sites for hydroxylation is 1. The number of benzene rings is 1. The van der Waals surface area contributed by atoms with E-state index in [0.717, 1.165) is 23.9 Å². The molecule has 0 radical (unpaired) electrons. The molecule has 2 N–H and O–H groups in total. The molecule has 1 amide bonds. The van der Waals surface area contributed by atoms with Crippen LogP contribution in [0.1, 0.15) is 24.2 Å². The van der Waals surface area contributed by atoms with Crippen LogP contribution in [0, 0.1) is 0 Å². The highest BCUT2D eigenvalue weighted by molar-refractivity contribution is 5.83. The molecular formula is C21H21N5O2. The molecule has 0 saturated carbocycles. The molecule has 1 aromatic carbocycles. The molecule has 142 valence electrons. The zero-order chi connectivity index (χ0) is 19.2. The fourth-order valence-electron chi connectivity index (χ4n) is 3.14. The lowest BCUT2D eigenvalue weighted by atomic mass is 10.1. The van der Waals surface area contributed by atoms with Crippen molar-refractivity contribution in [1.29, 1.82) is 0 Å². The molecule has 0 fully saturated rings. The second-order valence-corrected chi connectivity index (χ2v) is 6.57.